The first kappa shape index (κ1) is 14.7. The van der Waals surface area contributed by atoms with Gasteiger partial charge in [-0.3, -0.25) is 0 Å². The number of sulfonamides is 1. The summed E-state index contributed by atoms with van der Waals surface area (Å²) >= 11 is 5.62. The van der Waals surface area contributed by atoms with E-state index in [1.54, 1.807) is 0 Å². The van der Waals surface area contributed by atoms with Gasteiger partial charge < -0.3 is 4.90 Å². The molecule has 1 aliphatic rings. The van der Waals surface area contributed by atoms with Gasteiger partial charge in [-0.25, -0.2) is 17.5 Å². The molecule has 1 N–H and O–H groups in total. The molecule has 2 rings (SSSR count). The van der Waals surface area contributed by atoms with E-state index in [2.05, 4.69) is 4.72 Å². The predicted octanol–water partition coefficient (Wildman–Crippen LogP) is 1.71. The average Bonchev–Trinajstić information content (AvgIpc) is 2.55. The van der Waals surface area contributed by atoms with E-state index in [-0.39, 0.29) is 21.9 Å². The van der Waals surface area contributed by atoms with Gasteiger partial charge in [-0.2, -0.15) is 0 Å². The van der Waals surface area contributed by atoms with Crippen molar-refractivity contribution in [3.8, 4) is 0 Å². The Morgan fingerprint density at radius 2 is 2.11 bits per heavy atom. The number of rotatable bonds is 3. The van der Waals surface area contributed by atoms with Gasteiger partial charge in [-0.1, -0.05) is 18.5 Å². The minimum atomic E-state index is -3.86. The summed E-state index contributed by atoms with van der Waals surface area (Å²) in [6.45, 7) is 3.40. The smallest absolute Gasteiger partial charge is 0.243 e. The Balaban J connectivity index is 2.23. The van der Waals surface area contributed by atoms with Gasteiger partial charge in [0, 0.05) is 24.2 Å². The maximum Gasteiger partial charge on any atom is 0.243 e. The van der Waals surface area contributed by atoms with Crippen molar-refractivity contribution in [2.45, 2.75) is 17.9 Å². The molecule has 4 nitrogen and oxygen atoms in total. The molecular weight excluding hydrogens is 291 g/mol. The largest absolute Gasteiger partial charge is 0.304 e. The fourth-order valence-electron chi connectivity index (χ4n) is 2.32. The zero-order chi connectivity index (χ0) is 14.2. The summed E-state index contributed by atoms with van der Waals surface area (Å²) in [4.78, 5) is 1.68. The number of hydrogen-bond donors (Lipinski definition) is 1. The highest BCUT2D eigenvalue weighted by molar-refractivity contribution is 7.89. The van der Waals surface area contributed by atoms with E-state index in [0.29, 0.717) is 6.54 Å². The molecule has 7 heteroatoms. The number of halogens is 2. The van der Waals surface area contributed by atoms with Crippen molar-refractivity contribution in [2.75, 3.05) is 20.1 Å². The zero-order valence-electron chi connectivity index (χ0n) is 10.7. The minimum Gasteiger partial charge on any atom is -0.304 e. The predicted molar refractivity (Wildman–Crippen MR) is 72.2 cm³/mol. The molecule has 0 unspecified atom stereocenters. The molecule has 106 valence electrons. The number of likely N-dealkylation sites (N-methyl/N-ethyl adjacent to an activating group) is 1. The SMILES string of the molecule is C[C@H]1CN(C)C[C@@H]1NS(=O)(=O)c1ccc(Cl)cc1F. The van der Waals surface area contributed by atoms with E-state index in [4.69, 9.17) is 11.6 Å². The highest BCUT2D eigenvalue weighted by Gasteiger charge is 2.32. The fourth-order valence-corrected chi connectivity index (χ4v) is 3.87. The Labute approximate surface area is 117 Å². The van der Waals surface area contributed by atoms with Gasteiger partial charge in [0.1, 0.15) is 10.7 Å². The van der Waals surface area contributed by atoms with E-state index in [1.165, 1.54) is 12.1 Å². The normalized spacial score (nSPS) is 24.8. The molecule has 0 bridgehead atoms. The third-order valence-electron chi connectivity index (χ3n) is 3.28. The highest BCUT2D eigenvalue weighted by Crippen LogP contribution is 2.21. The lowest BCUT2D eigenvalue weighted by atomic mass is 10.1. The maximum atomic E-state index is 13.7. The Kier molecular flexibility index (Phi) is 4.15. The van der Waals surface area contributed by atoms with Gasteiger partial charge >= 0.3 is 0 Å². The molecule has 0 radical (unpaired) electrons. The topological polar surface area (TPSA) is 49.4 Å². The maximum absolute atomic E-state index is 13.7. The van der Waals surface area contributed by atoms with Crippen molar-refractivity contribution < 1.29 is 12.8 Å². The minimum absolute atomic E-state index is 0.172. The first-order chi connectivity index (χ1) is 8.79. The molecule has 1 heterocycles. The van der Waals surface area contributed by atoms with Gasteiger partial charge in [-0.15, -0.1) is 0 Å². The summed E-state index contributed by atoms with van der Waals surface area (Å²) in [6, 6.07) is 3.35. The molecule has 0 amide bonds. The Hall–Kier alpha value is -0.690. The molecule has 1 fully saturated rings. The van der Waals surface area contributed by atoms with Crippen molar-refractivity contribution in [3.63, 3.8) is 0 Å². The van der Waals surface area contributed by atoms with Crippen LogP contribution in [0.15, 0.2) is 23.1 Å². The van der Waals surface area contributed by atoms with Gasteiger partial charge in [0.25, 0.3) is 0 Å². The van der Waals surface area contributed by atoms with E-state index >= 15 is 0 Å². The number of likely N-dealkylation sites (tertiary alicyclic amines) is 1. The standard InChI is InChI=1S/C12H16ClFN2O2S/c1-8-6-16(2)7-11(8)15-19(17,18)12-4-3-9(13)5-10(12)14/h3-5,8,11,15H,6-7H2,1-2H3/t8-,11-/m0/s1. The first-order valence-corrected chi connectivity index (χ1v) is 7.81. The first-order valence-electron chi connectivity index (χ1n) is 5.95. The van der Waals surface area contributed by atoms with Crippen molar-refractivity contribution >= 4 is 21.6 Å². The Morgan fingerprint density at radius 1 is 1.42 bits per heavy atom. The molecule has 0 saturated carbocycles. The molecule has 2 atom stereocenters. The number of benzene rings is 1. The van der Waals surface area contributed by atoms with Crippen LogP contribution in [-0.2, 0) is 10.0 Å². The summed E-state index contributed by atoms with van der Waals surface area (Å²) in [7, 11) is -1.93. The summed E-state index contributed by atoms with van der Waals surface area (Å²) in [5.41, 5.74) is 0. The van der Waals surface area contributed by atoms with Crippen LogP contribution in [0.3, 0.4) is 0 Å². The van der Waals surface area contributed by atoms with Crippen molar-refractivity contribution in [1.82, 2.24) is 9.62 Å². The van der Waals surface area contributed by atoms with Crippen LogP contribution in [0.2, 0.25) is 5.02 Å². The van der Waals surface area contributed by atoms with Gasteiger partial charge in [0.2, 0.25) is 10.0 Å². The second-order valence-corrected chi connectivity index (χ2v) is 7.12. The van der Waals surface area contributed by atoms with Crippen molar-refractivity contribution in [2.24, 2.45) is 5.92 Å². The van der Waals surface area contributed by atoms with Crippen LogP contribution in [0.4, 0.5) is 4.39 Å². The molecule has 0 aromatic heterocycles. The van der Waals surface area contributed by atoms with Gasteiger partial charge in [0.15, 0.2) is 0 Å². The third kappa shape index (κ3) is 3.25. The number of nitrogens with zero attached hydrogens (tertiary/aromatic N) is 1. The molecule has 19 heavy (non-hydrogen) atoms. The van der Waals surface area contributed by atoms with Gasteiger partial charge in [0.05, 0.1) is 0 Å². The summed E-state index contributed by atoms with van der Waals surface area (Å²) < 4.78 is 40.6. The molecule has 1 aromatic rings. The second kappa shape index (κ2) is 5.36. The number of hydrogen-bond acceptors (Lipinski definition) is 3. The van der Waals surface area contributed by atoms with Crippen LogP contribution >= 0.6 is 11.6 Å². The molecule has 1 saturated heterocycles. The molecule has 1 aliphatic heterocycles. The van der Waals surface area contributed by atoms with Crippen LogP contribution in [-0.4, -0.2) is 39.5 Å². The van der Waals surface area contributed by atoms with E-state index in [1.807, 2.05) is 18.9 Å². The lowest BCUT2D eigenvalue weighted by Crippen LogP contribution is -2.39. The molecule has 1 aromatic carbocycles. The fraction of sp³-hybridized carbons (Fsp3) is 0.500. The van der Waals surface area contributed by atoms with Crippen LogP contribution in [0.25, 0.3) is 0 Å². The quantitative estimate of drug-likeness (QED) is 0.925. The zero-order valence-corrected chi connectivity index (χ0v) is 12.3. The molecular formula is C12H16ClFN2O2S. The van der Waals surface area contributed by atoms with Crippen molar-refractivity contribution in [3.05, 3.63) is 29.0 Å². The lowest BCUT2D eigenvalue weighted by molar-refractivity contribution is 0.400. The monoisotopic (exact) mass is 306 g/mol. The Morgan fingerprint density at radius 3 is 2.63 bits per heavy atom. The van der Waals surface area contributed by atoms with Crippen LogP contribution in [0, 0.1) is 11.7 Å². The van der Waals surface area contributed by atoms with Crippen molar-refractivity contribution in [1.29, 1.82) is 0 Å². The van der Waals surface area contributed by atoms with E-state index < -0.39 is 15.8 Å². The third-order valence-corrected chi connectivity index (χ3v) is 5.04. The summed E-state index contributed by atoms with van der Waals surface area (Å²) in [5.74, 6) is -0.644. The average molecular weight is 307 g/mol. The summed E-state index contributed by atoms with van der Waals surface area (Å²) in [5, 5.41) is 0.172. The number of nitrogens with one attached hydrogen (secondary N) is 1. The van der Waals surface area contributed by atoms with Gasteiger partial charge in [-0.05, 0) is 31.2 Å². The van der Waals surface area contributed by atoms with Crippen LogP contribution in [0.5, 0.6) is 0 Å². The van der Waals surface area contributed by atoms with Crippen LogP contribution in [0.1, 0.15) is 6.92 Å². The van der Waals surface area contributed by atoms with E-state index in [9.17, 15) is 12.8 Å². The highest BCUT2D eigenvalue weighted by atomic mass is 35.5. The lowest BCUT2D eigenvalue weighted by Gasteiger charge is -2.17. The van der Waals surface area contributed by atoms with Crippen LogP contribution < -0.4 is 4.72 Å². The van der Waals surface area contributed by atoms with E-state index in [0.717, 1.165) is 12.6 Å². The molecule has 0 spiro atoms. The molecule has 0 aliphatic carbocycles. The summed E-state index contributed by atoms with van der Waals surface area (Å²) in [6.07, 6.45) is 0. The Bertz CT molecular complexity index is 579. The second-order valence-electron chi connectivity index (χ2n) is 5.00.